The molecule has 3 aromatic rings. The van der Waals surface area contributed by atoms with Crippen LogP contribution < -0.4 is 15.4 Å². The number of rotatable bonds is 6. The van der Waals surface area contributed by atoms with Gasteiger partial charge in [0, 0.05) is 17.8 Å². The van der Waals surface area contributed by atoms with Crippen molar-refractivity contribution in [1.82, 2.24) is 10.0 Å². The first kappa shape index (κ1) is 21.6. The Kier molecular flexibility index (Phi) is 6.94. The van der Waals surface area contributed by atoms with Crippen molar-refractivity contribution in [3.05, 3.63) is 95.6 Å². The fraction of sp³-hybridized carbons (Fsp3) is 0.0909. The Morgan fingerprint density at radius 3 is 2.20 bits per heavy atom. The zero-order valence-electron chi connectivity index (χ0n) is 16.3. The average Bonchev–Trinajstić information content (AvgIpc) is 2.73. The van der Waals surface area contributed by atoms with Crippen LogP contribution >= 0.6 is 12.2 Å². The molecule has 0 bridgehead atoms. The SMILES string of the molecule is Cc1ccccc1C(=O)NC(=S)Nc1ccc(S(=O)(=O)NCc2ccccc2)cc1. The summed E-state index contributed by atoms with van der Waals surface area (Å²) in [6, 6.07) is 22.6. The van der Waals surface area contributed by atoms with Crippen molar-refractivity contribution in [1.29, 1.82) is 0 Å². The monoisotopic (exact) mass is 439 g/mol. The van der Waals surface area contributed by atoms with E-state index in [1.54, 1.807) is 24.3 Å². The topological polar surface area (TPSA) is 87.3 Å². The summed E-state index contributed by atoms with van der Waals surface area (Å²) in [6.45, 7) is 2.05. The Morgan fingerprint density at radius 1 is 0.900 bits per heavy atom. The van der Waals surface area contributed by atoms with Crippen LogP contribution in [0, 0.1) is 6.92 Å². The van der Waals surface area contributed by atoms with E-state index in [0.717, 1.165) is 11.1 Å². The molecule has 0 aromatic heterocycles. The summed E-state index contributed by atoms with van der Waals surface area (Å²) in [5, 5.41) is 5.63. The molecule has 8 heteroatoms. The van der Waals surface area contributed by atoms with Gasteiger partial charge in [-0.1, -0.05) is 48.5 Å². The first-order chi connectivity index (χ1) is 14.3. The maximum Gasteiger partial charge on any atom is 0.257 e. The zero-order valence-corrected chi connectivity index (χ0v) is 17.9. The van der Waals surface area contributed by atoms with Crippen molar-refractivity contribution in [3.63, 3.8) is 0 Å². The molecule has 0 saturated heterocycles. The van der Waals surface area contributed by atoms with Crippen molar-refractivity contribution in [2.75, 3.05) is 5.32 Å². The third-order valence-electron chi connectivity index (χ3n) is 4.35. The number of aryl methyl sites for hydroxylation is 1. The van der Waals surface area contributed by atoms with Crippen LogP contribution in [0.15, 0.2) is 83.8 Å². The highest BCUT2D eigenvalue weighted by atomic mass is 32.2. The Morgan fingerprint density at radius 2 is 1.53 bits per heavy atom. The summed E-state index contributed by atoms with van der Waals surface area (Å²) in [5.74, 6) is -0.310. The molecular weight excluding hydrogens is 418 g/mol. The molecule has 0 saturated carbocycles. The molecule has 0 heterocycles. The second-order valence-corrected chi connectivity index (χ2v) is 8.73. The lowest BCUT2D eigenvalue weighted by molar-refractivity contribution is 0.0977. The molecule has 0 aliphatic rings. The highest BCUT2D eigenvalue weighted by Crippen LogP contribution is 2.15. The van der Waals surface area contributed by atoms with E-state index in [0.29, 0.717) is 11.3 Å². The molecule has 0 aliphatic heterocycles. The number of benzene rings is 3. The molecule has 0 spiro atoms. The molecule has 0 fully saturated rings. The van der Waals surface area contributed by atoms with Gasteiger partial charge in [-0.25, -0.2) is 13.1 Å². The first-order valence-electron chi connectivity index (χ1n) is 9.17. The first-order valence-corrected chi connectivity index (χ1v) is 11.1. The van der Waals surface area contributed by atoms with Gasteiger partial charge in [-0.05, 0) is 60.6 Å². The molecule has 30 heavy (non-hydrogen) atoms. The molecule has 3 rings (SSSR count). The standard InChI is InChI=1S/C22H21N3O3S2/c1-16-7-5-6-10-20(16)21(26)25-22(29)24-18-11-13-19(14-12-18)30(27,28)23-15-17-8-3-2-4-9-17/h2-14,23H,15H2,1H3,(H2,24,25,26,29). The highest BCUT2D eigenvalue weighted by Gasteiger charge is 2.14. The van der Waals surface area contributed by atoms with Crippen LogP contribution in [0.5, 0.6) is 0 Å². The summed E-state index contributed by atoms with van der Waals surface area (Å²) in [4.78, 5) is 12.5. The van der Waals surface area contributed by atoms with Crippen molar-refractivity contribution >= 4 is 38.9 Å². The second kappa shape index (κ2) is 9.62. The Labute approximate surface area is 181 Å². The summed E-state index contributed by atoms with van der Waals surface area (Å²) in [5.41, 5.74) is 2.81. The fourth-order valence-electron chi connectivity index (χ4n) is 2.74. The molecule has 0 unspecified atom stereocenters. The molecule has 1 amide bonds. The molecule has 154 valence electrons. The lowest BCUT2D eigenvalue weighted by Crippen LogP contribution is -2.34. The van der Waals surface area contributed by atoms with E-state index in [2.05, 4.69) is 15.4 Å². The number of anilines is 1. The van der Waals surface area contributed by atoms with Gasteiger partial charge in [-0.15, -0.1) is 0 Å². The average molecular weight is 440 g/mol. The quantitative estimate of drug-likeness (QED) is 0.511. The Balaban J connectivity index is 1.59. The highest BCUT2D eigenvalue weighted by molar-refractivity contribution is 7.89. The molecule has 0 radical (unpaired) electrons. The fourth-order valence-corrected chi connectivity index (χ4v) is 3.96. The van der Waals surface area contributed by atoms with Gasteiger partial charge in [0.15, 0.2) is 5.11 Å². The van der Waals surface area contributed by atoms with Crippen LogP contribution in [0.3, 0.4) is 0 Å². The molecule has 0 atom stereocenters. The third kappa shape index (κ3) is 5.73. The normalized spacial score (nSPS) is 11.0. The minimum absolute atomic E-state index is 0.126. The van der Waals surface area contributed by atoms with Gasteiger partial charge < -0.3 is 5.32 Å². The summed E-state index contributed by atoms with van der Waals surface area (Å²) >= 11 is 5.18. The number of hydrogen-bond acceptors (Lipinski definition) is 4. The van der Waals surface area contributed by atoms with Gasteiger partial charge in [0.1, 0.15) is 0 Å². The van der Waals surface area contributed by atoms with Gasteiger partial charge in [0.2, 0.25) is 10.0 Å². The van der Waals surface area contributed by atoms with Gasteiger partial charge in [0.25, 0.3) is 5.91 Å². The van der Waals surface area contributed by atoms with Crippen molar-refractivity contribution in [2.45, 2.75) is 18.4 Å². The van der Waals surface area contributed by atoms with Crippen LogP contribution in [0.4, 0.5) is 5.69 Å². The summed E-state index contributed by atoms with van der Waals surface area (Å²) in [7, 11) is -3.64. The number of thiocarbonyl (C=S) groups is 1. The van der Waals surface area contributed by atoms with E-state index in [4.69, 9.17) is 12.2 Å². The van der Waals surface area contributed by atoms with Crippen LogP contribution in [0.25, 0.3) is 0 Å². The predicted molar refractivity (Wildman–Crippen MR) is 122 cm³/mol. The van der Waals surface area contributed by atoms with Crippen LogP contribution in [0.1, 0.15) is 21.5 Å². The van der Waals surface area contributed by atoms with E-state index in [-0.39, 0.29) is 22.5 Å². The van der Waals surface area contributed by atoms with E-state index in [9.17, 15) is 13.2 Å². The largest absolute Gasteiger partial charge is 0.332 e. The minimum Gasteiger partial charge on any atom is -0.332 e. The van der Waals surface area contributed by atoms with Crippen molar-refractivity contribution in [3.8, 4) is 0 Å². The second-order valence-electron chi connectivity index (χ2n) is 6.56. The summed E-state index contributed by atoms with van der Waals surface area (Å²) < 4.78 is 27.5. The van der Waals surface area contributed by atoms with Crippen LogP contribution in [-0.4, -0.2) is 19.4 Å². The number of hydrogen-bond donors (Lipinski definition) is 3. The number of carbonyl (C=O) groups excluding carboxylic acids is 1. The lowest BCUT2D eigenvalue weighted by atomic mass is 10.1. The number of carbonyl (C=O) groups is 1. The zero-order chi connectivity index (χ0) is 21.6. The molecular formula is C22H21N3O3S2. The molecule has 6 nitrogen and oxygen atoms in total. The number of sulfonamides is 1. The Bertz CT molecular complexity index is 1150. The number of nitrogens with one attached hydrogen (secondary N) is 3. The third-order valence-corrected chi connectivity index (χ3v) is 5.97. The van der Waals surface area contributed by atoms with Gasteiger partial charge in [-0.2, -0.15) is 0 Å². The predicted octanol–water partition coefficient (Wildman–Crippen LogP) is 3.60. The van der Waals surface area contributed by atoms with E-state index in [1.165, 1.54) is 12.1 Å². The van der Waals surface area contributed by atoms with Crippen molar-refractivity contribution < 1.29 is 13.2 Å². The van der Waals surface area contributed by atoms with Gasteiger partial charge in [-0.3, -0.25) is 10.1 Å². The van der Waals surface area contributed by atoms with Crippen LogP contribution in [-0.2, 0) is 16.6 Å². The summed E-state index contributed by atoms with van der Waals surface area (Å²) in [6.07, 6.45) is 0. The van der Waals surface area contributed by atoms with Gasteiger partial charge in [0.05, 0.1) is 4.90 Å². The molecule has 0 aliphatic carbocycles. The maximum absolute atomic E-state index is 12.5. The molecule has 3 N–H and O–H groups in total. The number of amides is 1. The van der Waals surface area contributed by atoms with E-state index in [1.807, 2.05) is 49.4 Å². The maximum atomic E-state index is 12.5. The smallest absolute Gasteiger partial charge is 0.257 e. The van der Waals surface area contributed by atoms with Crippen molar-refractivity contribution in [2.24, 2.45) is 0 Å². The van der Waals surface area contributed by atoms with Crippen LogP contribution in [0.2, 0.25) is 0 Å². The van der Waals surface area contributed by atoms with E-state index < -0.39 is 10.0 Å². The van der Waals surface area contributed by atoms with Gasteiger partial charge >= 0.3 is 0 Å². The lowest BCUT2D eigenvalue weighted by Gasteiger charge is -2.12. The van der Waals surface area contributed by atoms with E-state index >= 15 is 0 Å². The Hall–Kier alpha value is -3.07. The minimum atomic E-state index is -3.64. The molecule has 3 aromatic carbocycles.